The number of nitrogens with one attached hydrogen (secondary N) is 3. The Morgan fingerprint density at radius 1 is 1.33 bits per heavy atom. The number of ether oxygens (including phenoxy) is 1. The van der Waals surface area contributed by atoms with E-state index in [1.807, 2.05) is 23.9 Å². The zero-order valence-corrected chi connectivity index (χ0v) is 15.8. The molecule has 1 aromatic heterocycles. The number of hydrogen-bond acceptors (Lipinski definition) is 6. The Morgan fingerprint density at radius 3 is 2.96 bits per heavy atom. The summed E-state index contributed by atoms with van der Waals surface area (Å²) in [6, 6.07) is 10.6. The predicted octanol–water partition coefficient (Wildman–Crippen LogP) is 2.27. The molecule has 2 amide bonds. The van der Waals surface area contributed by atoms with Gasteiger partial charge in [-0.05, 0) is 18.2 Å². The van der Waals surface area contributed by atoms with Crippen molar-refractivity contribution in [2.24, 2.45) is 0 Å². The number of pyridine rings is 1. The number of carbonyl (C=O) groups excluding carboxylic acids is 2. The standard InChI is InChI=1S/C19H22N4O3S/c1-20-19(25)16-11-14(6-7-22-16)26-17-5-3-2-4-15(17)23-18(24)10-13-12-27-9-8-21-13/h2-7,11,13,21H,8-10,12H2,1H3,(H,20,25)(H,23,24). The minimum atomic E-state index is -0.292. The second kappa shape index (κ2) is 9.38. The average Bonchev–Trinajstić information content (AvgIpc) is 2.70. The third kappa shape index (κ3) is 5.45. The fraction of sp³-hybridized carbons (Fsp3) is 0.316. The largest absolute Gasteiger partial charge is 0.455 e. The summed E-state index contributed by atoms with van der Waals surface area (Å²) in [5.74, 6) is 2.64. The topological polar surface area (TPSA) is 92.4 Å². The van der Waals surface area contributed by atoms with Crippen molar-refractivity contribution in [3.05, 3.63) is 48.3 Å². The molecule has 8 heteroatoms. The highest BCUT2D eigenvalue weighted by Gasteiger charge is 2.18. The average molecular weight is 386 g/mol. The Balaban J connectivity index is 1.68. The first kappa shape index (κ1) is 19.2. The lowest BCUT2D eigenvalue weighted by Crippen LogP contribution is -2.39. The highest BCUT2D eigenvalue weighted by Crippen LogP contribution is 2.29. The molecule has 0 aliphatic carbocycles. The van der Waals surface area contributed by atoms with Crippen molar-refractivity contribution in [3.63, 3.8) is 0 Å². The summed E-state index contributed by atoms with van der Waals surface area (Å²) in [4.78, 5) is 28.1. The minimum absolute atomic E-state index is 0.0631. The van der Waals surface area contributed by atoms with Crippen LogP contribution >= 0.6 is 11.8 Å². The minimum Gasteiger partial charge on any atom is -0.455 e. The normalized spacial score (nSPS) is 16.4. The Morgan fingerprint density at radius 2 is 2.19 bits per heavy atom. The molecule has 1 aromatic carbocycles. The number of aromatic nitrogens is 1. The third-order valence-electron chi connectivity index (χ3n) is 4.01. The molecule has 142 valence electrons. The van der Waals surface area contributed by atoms with Gasteiger partial charge in [-0.25, -0.2) is 0 Å². The maximum Gasteiger partial charge on any atom is 0.269 e. The van der Waals surface area contributed by atoms with E-state index in [1.165, 1.54) is 6.20 Å². The zero-order chi connectivity index (χ0) is 19.1. The van der Waals surface area contributed by atoms with Gasteiger partial charge in [0.15, 0.2) is 5.75 Å². The van der Waals surface area contributed by atoms with Crippen LogP contribution in [-0.4, -0.2) is 47.9 Å². The van der Waals surface area contributed by atoms with E-state index >= 15 is 0 Å². The van der Waals surface area contributed by atoms with Gasteiger partial charge in [0.25, 0.3) is 5.91 Å². The Labute approximate surface area is 162 Å². The summed E-state index contributed by atoms with van der Waals surface area (Å²) in [7, 11) is 1.54. The molecule has 0 saturated carbocycles. The molecule has 0 bridgehead atoms. The van der Waals surface area contributed by atoms with Crippen LogP contribution in [0.5, 0.6) is 11.5 Å². The Hall–Kier alpha value is -2.58. The number of carbonyl (C=O) groups is 2. The monoisotopic (exact) mass is 386 g/mol. The molecule has 7 nitrogen and oxygen atoms in total. The van der Waals surface area contributed by atoms with E-state index in [2.05, 4.69) is 20.9 Å². The van der Waals surface area contributed by atoms with Crippen LogP contribution in [0.3, 0.4) is 0 Å². The second-order valence-electron chi connectivity index (χ2n) is 6.03. The molecule has 27 heavy (non-hydrogen) atoms. The van der Waals surface area contributed by atoms with E-state index in [0.717, 1.165) is 18.1 Å². The van der Waals surface area contributed by atoms with Gasteiger partial charge in [-0.15, -0.1) is 0 Å². The fourth-order valence-electron chi connectivity index (χ4n) is 2.69. The number of rotatable bonds is 6. The van der Waals surface area contributed by atoms with Crippen molar-refractivity contribution in [3.8, 4) is 11.5 Å². The number of para-hydroxylation sites is 2. The molecule has 2 heterocycles. The molecule has 3 rings (SSSR count). The molecule has 2 aromatic rings. The van der Waals surface area contributed by atoms with Crippen LogP contribution in [0.2, 0.25) is 0 Å². The lowest BCUT2D eigenvalue weighted by atomic mass is 10.2. The maximum atomic E-state index is 12.4. The zero-order valence-electron chi connectivity index (χ0n) is 15.0. The van der Waals surface area contributed by atoms with Crippen LogP contribution in [0.1, 0.15) is 16.9 Å². The molecule has 1 aliphatic rings. The van der Waals surface area contributed by atoms with Gasteiger partial charge in [0.2, 0.25) is 5.91 Å². The number of thioether (sulfide) groups is 1. The number of benzene rings is 1. The first-order valence-electron chi connectivity index (χ1n) is 8.71. The summed E-state index contributed by atoms with van der Waals surface area (Å²) in [5.41, 5.74) is 0.849. The van der Waals surface area contributed by atoms with Crippen LogP contribution in [0.4, 0.5) is 5.69 Å². The fourth-order valence-corrected chi connectivity index (χ4v) is 3.64. The summed E-state index contributed by atoms with van der Waals surface area (Å²) in [6.07, 6.45) is 1.92. The van der Waals surface area contributed by atoms with Crippen LogP contribution in [0.25, 0.3) is 0 Å². The van der Waals surface area contributed by atoms with Gasteiger partial charge in [0.05, 0.1) is 5.69 Å². The van der Waals surface area contributed by atoms with Crippen molar-refractivity contribution >= 4 is 29.3 Å². The Bertz CT molecular complexity index is 809. The highest BCUT2D eigenvalue weighted by atomic mass is 32.2. The molecular weight excluding hydrogens is 364 g/mol. The molecule has 1 saturated heterocycles. The van der Waals surface area contributed by atoms with Gasteiger partial charge in [-0.3, -0.25) is 14.6 Å². The first-order chi connectivity index (χ1) is 13.2. The van der Waals surface area contributed by atoms with Gasteiger partial charge in [-0.2, -0.15) is 11.8 Å². The van der Waals surface area contributed by atoms with Crippen molar-refractivity contribution in [1.82, 2.24) is 15.6 Å². The van der Waals surface area contributed by atoms with Crippen LogP contribution < -0.4 is 20.7 Å². The van der Waals surface area contributed by atoms with E-state index in [4.69, 9.17) is 4.74 Å². The van der Waals surface area contributed by atoms with E-state index in [-0.39, 0.29) is 23.6 Å². The van der Waals surface area contributed by atoms with Gasteiger partial charge in [0, 0.05) is 49.8 Å². The molecule has 3 N–H and O–H groups in total. The maximum absolute atomic E-state index is 12.4. The van der Waals surface area contributed by atoms with E-state index in [9.17, 15) is 9.59 Å². The van der Waals surface area contributed by atoms with Gasteiger partial charge >= 0.3 is 0 Å². The third-order valence-corrected chi connectivity index (χ3v) is 5.14. The lowest BCUT2D eigenvalue weighted by molar-refractivity contribution is -0.116. The molecule has 0 spiro atoms. The Kier molecular flexibility index (Phi) is 6.67. The summed E-state index contributed by atoms with van der Waals surface area (Å²) in [6.45, 7) is 0.929. The second-order valence-corrected chi connectivity index (χ2v) is 7.18. The van der Waals surface area contributed by atoms with Crippen molar-refractivity contribution in [1.29, 1.82) is 0 Å². The summed E-state index contributed by atoms with van der Waals surface area (Å²) in [5, 5.41) is 8.80. The molecule has 0 radical (unpaired) electrons. The van der Waals surface area contributed by atoms with Crippen LogP contribution in [0.15, 0.2) is 42.6 Å². The number of nitrogens with zero attached hydrogens (tertiary/aromatic N) is 1. The SMILES string of the molecule is CNC(=O)c1cc(Oc2ccccc2NC(=O)CC2CSCCN2)ccn1. The molecule has 1 aliphatic heterocycles. The van der Waals surface area contributed by atoms with Crippen molar-refractivity contribution in [2.75, 3.05) is 30.4 Å². The van der Waals surface area contributed by atoms with Crippen molar-refractivity contribution in [2.45, 2.75) is 12.5 Å². The van der Waals surface area contributed by atoms with Crippen LogP contribution in [-0.2, 0) is 4.79 Å². The quantitative estimate of drug-likeness (QED) is 0.705. The van der Waals surface area contributed by atoms with E-state index < -0.39 is 0 Å². The van der Waals surface area contributed by atoms with Crippen LogP contribution in [0, 0.1) is 0 Å². The molecule has 1 atom stereocenters. The number of anilines is 1. The van der Waals surface area contributed by atoms with Crippen molar-refractivity contribution < 1.29 is 14.3 Å². The summed E-state index contributed by atoms with van der Waals surface area (Å²) < 4.78 is 5.88. The number of amides is 2. The molecular formula is C19H22N4O3S. The highest BCUT2D eigenvalue weighted by molar-refractivity contribution is 7.99. The van der Waals surface area contributed by atoms with E-state index in [1.54, 1.807) is 31.3 Å². The molecule has 1 fully saturated rings. The first-order valence-corrected chi connectivity index (χ1v) is 9.87. The lowest BCUT2D eigenvalue weighted by Gasteiger charge is -2.22. The smallest absolute Gasteiger partial charge is 0.269 e. The summed E-state index contributed by atoms with van der Waals surface area (Å²) >= 11 is 1.86. The van der Waals surface area contributed by atoms with E-state index in [0.29, 0.717) is 23.6 Å². The van der Waals surface area contributed by atoms with Gasteiger partial charge in [-0.1, -0.05) is 12.1 Å². The van der Waals surface area contributed by atoms with Gasteiger partial charge in [0.1, 0.15) is 11.4 Å². The number of hydrogen-bond donors (Lipinski definition) is 3. The molecule has 1 unspecified atom stereocenters. The van der Waals surface area contributed by atoms with Gasteiger partial charge < -0.3 is 20.7 Å². The predicted molar refractivity (Wildman–Crippen MR) is 107 cm³/mol.